The zero-order valence-corrected chi connectivity index (χ0v) is 16.7. The molecule has 1 aromatic heterocycles. The van der Waals surface area contributed by atoms with E-state index < -0.39 is 23.7 Å². The number of anilines is 2. The summed E-state index contributed by atoms with van der Waals surface area (Å²) in [6.07, 6.45) is 6.71. The Morgan fingerprint density at radius 1 is 1.14 bits per heavy atom. The fourth-order valence-corrected chi connectivity index (χ4v) is 4.67. The Balaban J connectivity index is 1.52. The third-order valence-electron chi connectivity index (χ3n) is 5.16. The summed E-state index contributed by atoms with van der Waals surface area (Å²) in [6, 6.07) is 4.74. The van der Waals surface area contributed by atoms with Gasteiger partial charge in [-0.2, -0.15) is 5.10 Å². The van der Waals surface area contributed by atoms with E-state index in [1.807, 2.05) is 0 Å². The number of halogens is 1. The van der Waals surface area contributed by atoms with E-state index in [4.69, 9.17) is 5.73 Å². The van der Waals surface area contributed by atoms with Gasteiger partial charge in [0.1, 0.15) is 17.6 Å². The highest BCUT2D eigenvalue weighted by molar-refractivity contribution is 7.16. The lowest BCUT2D eigenvalue weighted by Gasteiger charge is -2.20. The summed E-state index contributed by atoms with van der Waals surface area (Å²) in [6.45, 7) is 0. The number of hydrogen-bond acceptors (Lipinski definition) is 6. The number of aryl methyl sites for hydroxylation is 2. The van der Waals surface area contributed by atoms with Crippen LogP contribution in [0, 0.1) is 5.82 Å². The third-order valence-corrected chi connectivity index (χ3v) is 6.23. The van der Waals surface area contributed by atoms with E-state index in [2.05, 4.69) is 15.4 Å². The number of fused-ring (bicyclic) bond motifs is 1. The normalized spacial score (nSPS) is 19.1. The number of carbonyl (C=O) groups is 2. The summed E-state index contributed by atoms with van der Waals surface area (Å²) in [5, 5.41) is 9.04. The lowest BCUT2D eigenvalue weighted by Crippen LogP contribution is -2.39. The first kappa shape index (κ1) is 19.5. The molecular weight excluding hydrogens is 393 g/mol. The smallest absolute Gasteiger partial charge is 0.273 e. The van der Waals surface area contributed by atoms with Gasteiger partial charge in [-0.15, -0.1) is 11.3 Å². The van der Waals surface area contributed by atoms with Gasteiger partial charge < -0.3 is 5.73 Å². The van der Waals surface area contributed by atoms with Crippen LogP contribution in [0.5, 0.6) is 0 Å². The second kappa shape index (κ2) is 8.28. The number of hydrogen-bond donors (Lipinski definition) is 2. The van der Waals surface area contributed by atoms with Gasteiger partial charge in [-0.25, -0.2) is 9.37 Å². The predicted molar refractivity (Wildman–Crippen MR) is 111 cm³/mol. The van der Waals surface area contributed by atoms with Crippen LogP contribution in [-0.4, -0.2) is 28.6 Å². The average Bonchev–Trinajstić information content (AvgIpc) is 3.27. The van der Waals surface area contributed by atoms with E-state index in [9.17, 15) is 14.0 Å². The molecule has 3 N–H and O–H groups in total. The molecule has 0 saturated heterocycles. The quantitative estimate of drug-likeness (QED) is 0.802. The highest BCUT2D eigenvalue weighted by Crippen LogP contribution is 2.29. The van der Waals surface area contributed by atoms with Crippen molar-refractivity contribution in [3.63, 3.8) is 0 Å². The van der Waals surface area contributed by atoms with Crippen LogP contribution < -0.4 is 16.1 Å². The van der Waals surface area contributed by atoms with Gasteiger partial charge in [0.25, 0.3) is 5.91 Å². The van der Waals surface area contributed by atoms with Crippen molar-refractivity contribution in [2.75, 3.05) is 10.3 Å². The molecule has 1 unspecified atom stereocenters. The molecule has 0 radical (unpaired) electrons. The number of hydrazone groups is 1. The maximum atomic E-state index is 13.2. The van der Waals surface area contributed by atoms with Crippen molar-refractivity contribution < 1.29 is 14.0 Å². The number of thiazole rings is 1. The first-order valence-electron chi connectivity index (χ1n) is 9.73. The molecule has 0 fully saturated rings. The number of nitrogens with zero attached hydrogens (tertiary/aromatic N) is 3. The zero-order valence-electron chi connectivity index (χ0n) is 15.9. The first-order valence-corrected chi connectivity index (χ1v) is 10.5. The van der Waals surface area contributed by atoms with Crippen LogP contribution in [0.25, 0.3) is 0 Å². The molecule has 152 valence electrons. The fourth-order valence-electron chi connectivity index (χ4n) is 3.63. The van der Waals surface area contributed by atoms with Crippen molar-refractivity contribution in [2.45, 2.75) is 51.0 Å². The number of amides is 2. The Labute approximate surface area is 171 Å². The van der Waals surface area contributed by atoms with Gasteiger partial charge in [-0.3, -0.25) is 19.9 Å². The molecule has 4 rings (SSSR count). The third kappa shape index (κ3) is 4.29. The Hall–Kier alpha value is -2.81. The van der Waals surface area contributed by atoms with E-state index in [1.54, 1.807) is 0 Å². The van der Waals surface area contributed by atoms with Gasteiger partial charge in [0.15, 0.2) is 5.13 Å². The van der Waals surface area contributed by atoms with E-state index in [1.165, 1.54) is 58.3 Å². The van der Waals surface area contributed by atoms with Crippen LogP contribution in [0.4, 0.5) is 15.2 Å². The molecule has 2 aliphatic rings. The molecule has 2 aromatic rings. The molecule has 7 nitrogen and oxygen atoms in total. The largest absolute Gasteiger partial charge is 0.368 e. The lowest BCUT2D eigenvalue weighted by atomic mass is 10.0. The second-order valence-corrected chi connectivity index (χ2v) is 8.33. The van der Waals surface area contributed by atoms with E-state index in [0.717, 1.165) is 31.4 Å². The number of benzene rings is 1. The van der Waals surface area contributed by atoms with Crippen molar-refractivity contribution >= 4 is 39.7 Å². The minimum Gasteiger partial charge on any atom is -0.368 e. The molecule has 0 saturated carbocycles. The molecule has 0 bridgehead atoms. The van der Waals surface area contributed by atoms with E-state index in [0.29, 0.717) is 10.8 Å². The second-order valence-electron chi connectivity index (χ2n) is 7.25. The monoisotopic (exact) mass is 415 g/mol. The number of primary amides is 1. The van der Waals surface area contributed by atoms with Crippen molar-refractivity contribution in [3.05, 3.63) is 40.7 Å². The summed E-state index contributed by atoms with van der Waals surface area (Å²) < 4.78 is 13.2. The van der Waals surface area contributed by atoms with Gasteiger partial charge in [0.05, 0.1) is 11.4 Å². The van der Waals surface area contributed by atoms with Crippen LogP contribution in [-0.2, 0) is 22.4 Å². The Morgan fingerprint density at radius 3 is 2.59 bits per heavy atom. The Kier molecular flexibility index (Phi) is 5.57. The van der Waals surface area contributed by atoms with Crippen LogP contribution in [0.15, 0.2) is 29.4 Å². The topological polar surface area (TPSA) is 101 Å². The van der Waals surface area contributed by atoms with Crippen molar-refractivity contribution in [1.82, 2.24) is 4.98 Å². The van der Waals surface area contributed by atoms with E-state index >= 15 is 0 Å². The number of aromatic nitrogens is 1. The number of nitrogens with two attached hydrogens (primary N) is 1. The number of rotatable bonds is 4. The van der Waals surface area contributed by atoms with E-state index in [-0.39, 0.29) is 12.1 Å². The maximum absolute atomic E-state index is 13.2. The summed E-state index contributed by atoms with van der Waals surface area (Å²) in [5.74, 6) is -1.40. The Morgan fingerprint density at radius 2 is 1.86 bits per heavy atom. The van der Waals surface area contributed by atoms with Gasteiger partial charge in [0.2, 0.25) is 5.91 Å². The molecule has 1 aliphatic carbocycles. The lowest BCUT2D eigenvalue weighted by molar-refractivity contribution is -0.119. The number of carbonyl (C=O) groups excluding carboxylic acids is 2. The molecule has 29 heavy (non-hydrogen) atoms. The minimum absolute atomic E-state index is 0.0869. The van der Waals surface area contributed by atoms with Crippen LogP contribution in [0.2, 0.25) is 0 Å². The maximum Gasteiger partial charge on any atom is 0.273 e. The van der Waals surface area contributed by atoms with Crippen molar-refractivity contribution in [1.29, 1.82) is 0 Å². The highest BCUT2D eigenvalue weighted by atomic mass is 32.1. The van der Waals surface area contributed by atoms with Crippen molar-refractivity contribution in [2.24, 2.45) is 10.8 Å². The molecule has 2 amide bonds. The highest BCUT2D eigenvalue weighted by Gasteiger charge is 2.35. The van der Waals surface area contributed by atoms with Gasteiger partial charge in [-0.05, 0) is 49.9 Å². The summed E-state index contributed by atoms with van der Waals surface area (Å²) in [4.78, 5) is 30.4. The summed E-state index contributed by atoms with van der Waals surface area (Å²) >= 11 is 1.51. The van der Waals surface area contributed by atoms with Crippen LogP contribution in [0.3, 0.4) is 0 Å². The van der Waals surface area contributed by atoms with Crippen LogP contribution in [0.1, 0.15) is 42.7 Å². The SMILES string of the molecule is NC(=O)C1CC(C(=O)Nc2nc3c(s2)CCCCCC3)=NN1c1ccc(F)cc1. The zero-order chi connectivity index (χ0) is 20.4. The van der Waals surface area contributed by atoms with Gasteiger partial charge in [-0.1, -0.05) is 12.8 Å². The standard InChI is InChI=1S/C20H22FN5O2S/c21-12-7-9-13(10-8-12)26-16(18(22)27)11-15(25-26)19(28)24-20-23-14-5-3-1-2-4-6-17(14)29-20/h7-10,16H,1-6,11H2,(H2,22,27)(H,23,24,28). The van der Waals surface area contributed by atoms with Gasteiger partial charge >= 0.3 is 0 Å². The minimum atomic E-state index is -0.794. The molecule has 0 spiro atoms. The average molecular weight is 415 g/mol. The predicted octanol–water partition coefficient (Wildman–Crippen LogP) is 3.00. The molecule has 9 heteroatoms. The summed E-state index contributed by atoms with van der Waals surface area (Å²) in [7, 11) is 0. The number of nitrogens with one attached hydrogen (secondary N) is 1. The fraction of sp³-hybridized carbons (Fsp3) is 0.400. The van der Waals surface area contributed by atoms with Crippen molar-refractivity contribution in [3.8, 4) is 0 Å². The first-order chi connectivity index (χ1) is 14.0. The molecule has 2 heterocycles. The molecule has 1 aromatic carbocycles. The van der Waals surface area contributed by atoms with Gasteiger partial charge in [0, 0.05) is 11.3 Å². The van der Waals surface area contributed by atoms with Crippen LogP contribution >= 0.6 is 11.3 Å². The molecule has 1 aliphatic heterocycles. The molecular formula is C20H22FN5O2S. The Bertz CT molecular complexity index is 931. The molecule has 1 atom stereocenters. The summed E-state index contributed by atoms with van der Waals surface area (Å²) in [5.41, 5.74) is 7.26.